The Labute approximate surface area is 168 Å². The van der Waals surface area contributed by atoms with E-state index in [1.165, 1.54) is 11.9 Å². The molecular weight excluding hydrogens is 372 g/mol. The van der Waals surface area contributed by atoms with Crippen molar-refractivity contribution >= 4 is 35.0 Å². The minimum Gasteiger partial charge on any atom is -0.342 e. The fraction of sp³-hybridized carbons (Fsp3) is 0.238. The highest BCUT2D eigenvalue weighted by molar-refractivity contribution is 6.05. The van der Waals surface area contributed by atoms with Crippen LogP contribution in [0.15, 0.2) is 48.5 Å². The van der Waals surface area contributed by atoms with Gasteiger partial charge in [0.05, 0.1) is 5.69 Å². The molecule has 1 fully saturated rings. The van der Waals surface area contributed by atoms with Crippen molar-refractivity contribution < 1.29 is 19.2 Å². The van der Waals surface area contributed by atoms with Crippen molar-refractivity contribution in [3.63, 3.8) is 0 Å². The van der Waals surface area contributed by atoms with E-state index in [0.29, 0.717) is 23.5 Å². The average molecular weight is 394 g/mol. The first-order chi connectivity index (χ1) is 13.8. The van der Waals surface area contributed by atoms with Gasteiger partial charge in [-0.25, -0.2) is 5.01 Å². The molecule has 4 amide bonds. The van der Waals surface area contributed by atoms with Crippen LogP contribution < -0.4 is 15.8 Å². The molecule has 1 heterocycles. The molecule has 1 saturated heterocycles. The van der Waals surface area contributed by atoms with E-state index in [9.17, 15) is 19.2 Å². The van der Waals surface area contributed by atoms with Gasteiger partial charge in [-0.3, -0.25) is 24.6 Å². The summed E-state index contributed by atoms with van der Waals surface area (Å²) in [6, 6.07) is 13.7. The van der Waals surface area contributed by atoms with Gasteiger partial charge in [0.1, 0.15) is 0 Å². The van der Waals surface area contributed by atoms with Gasteiger partial charge in [-0.15, -0.1) is 0 Å². The molecule has 3 rings (SSSR count). The molecule has 0 unspecified atom stereocenters. The second-order valence-electron chi connectivity index (χ2n) is 6.84. The third-order valence-electron chi connectivity index (χ3n) is 4.58. The average Bonchev–Trinajstić information content (AvgIpc) is 2.70. The maximum absolute atomic E-state index is 12.5. The Hall–Kier alpha value is -3.68. The number of rotatable bonds is 5. The molecule has 8 heteroatoms. The van der Waals surface area contributed by atoms with E-state index >= 15 is 0 Å². The lowest BCUT2D eigenvalue weighted by Gasteiger charge is -2.27. The van der Waals surface area contributed by atoms with E-state index in [-0.39, 0.29) is 36.5 Å². The Morgan fingerprint density at radius 3 is 2.52 bits per heavy atom. The molecule has 2 N–H and O–H groups in total. The van der Waals surface area contributed by atoms with Crippen molar-refractivity contribution in [3.8, 4) is 0 Å². The monoisotopic (exact) mass is 394 g/mol. The summed E-state index contributed by atoms with van der Waals surface area (Å²) in [5.74, 6) is -0.763. The minimum atomic E-state index is -0.303. The van der Waals surface area contributed by atoms with Gasteiger partial charge in [0.25, 0.3) is 5.91 Å². The zero-order chi connectivity index (χ0) is 21.0. The first kappa shape index (κ1) is 20.1. The van der Waals surface area contributed by atoms with Crippen LogP contribution in [0.1, 0.15) is 35.7 Å². The van der Waals surface area contributed by atoms with E-state index < -0.39 is 0 Å². The Bertz CT molecular complexity index is 955. The van der Waals surface area contributed by atoms with Crippen LogP contribution in [0.3, 0.4) is 0 Å². The topological polar surface area (TPSA) is 98.8 Å². The second kappa shape index (κ2) is 8.55. The Morgan fingerprint density at radius 1 is 1.10 bits per heavy atom. The Morgan fingerprint density at radius 2 is 1.83 bits per heavy atom. The normalized spacial score (nSPS) is 13.7. The molecule has 8 nitrogen and oxygen atoms in total. The molecule has 0 bridgehead atoms. The number of anilines is 2. The molecule has 2 aromatic carbocycles. The first-order valence-electron chi connectivity index (χ1n) is 9.18. The molecule has 0 aromatic heterocycles. The summed E-state index contributed by atoms with van der Waals surface area (Å²) < 4.78 is 0. The first-order valence-corrected chi connectivity index (χ1v) is 9.18. The van der Waals surface area contributed by atoms with Crippen molar-refractivity contribution in [1.82, 2.24) is 10.3 Å². The lowest BCUT2D eigenvalue weighted by atomic mass is 10.1. The van der Waals surface area contributed by atoms with Gasteiger partial charge in [-0.2, -0.15) is 0 Å². The van der Waals surface area contributed by atoms with Crippen LogP contribution in [-0.2, 0) is 20.9 Å². The van der Waals surface area contributed by atoms with Crippen LogP contribution >= 0.6 is 0 Å². The number of hydrogen-bond acceptors (Lipinski definition) is 4. The second-order valence-corrected chi connectivity index (χ2v) is 6.84. The zero-order valence-electron chi connectivity index (χ0n) is 16.3. The molecule has 0 aliphatic carbocycles. The van der Waals surface area contributed by atoms with Gasteiger partial charge in [0, 0.05) is 44.6 Å². The van der Waals surface area contributed by atoms with Crippen LogP contribution in [-0.4, -0.2) is 35.6 Å². The third kappa shape index (κ3) is 4.98. The summed E-state index contributed by atoms with van der Waals surface area (Å²) in [4.78, 5) is 49.0. The summed E-state index contributed by atoms with van der Waals surface area (Å²) in [6.45, 7) is 1.95. The maximum Gasteiger partial charge on any atom is 0.255 e. The zero-order valence-corrected chi connectivity index (χ0v) is 16.3. The molecule has 29 heavy (non-hydrogen) atoms. The number of hydrazine groups is 1. The van der Waals surface area contributed by atoms with Crippen LogP contribution in [0.4, 0.5) is 11.4 Å². The van der Waals surface area contributed by atoms with Crippen molar-refractivity contribution in [2.75, 3.05) is 17.4 Å². The number of nitrogens with zero attached hydrogens (tertiary/aromatic N) is 2. The largest absolute Gasteiger partial charge is 0.342 e. The van der Waals surface area contributed by atoms with Crippen LogP contribution in [0.5, 0.6) is 0 Å². The summed E-state index contributed by atoms with van der Waals surface area (Å²) in [5.41, 5.74) is 4.94. The van der Waals surface area contributed by atoms with E-state index in [2.05, 4.69) is 10.7 Å². The van der Waals surface area contributed by atoms with E-state index in [0.717, 1.165) is 5.56 Å². The Balaban J connectivity index is 1.67. The van der Waals surface area contributed by atoms with Gasteiger partial charge in [0.15, 0.2) is 0 Å². The summed E-state index contributed by atoms with van der Waals surface area (Å²) in [6.07, 6.45) is 0.334. The highest BCUT2D eigenvalue weighted by Crippen LogP contribution is 2.19. The molecule has 0 saturated carbocycles. The summed E-state index contributed by atoms with van der Waals surface area (Å²) in [5, 5.41) is 4.02. The van der Waals surface area contributed by atoms with Crippen molar-refractivity contribution in [2.45, 2.75) is 26.3 Å². The molecule has 0 spiro atoms. The van der Waals surface area contributed by atoms with Gasteiger partial charge >= 0.3 is 0 Å². The fourth-order valence-electron chi connectivity index (χ4n) is 2.88. The fourth-order valence-corrected chi connectivity index (χ4v) is 2.88. The molecule has 1 aliphatic rings. The SMILES string of the molecule is CC(=O)N(C)Cc1cccc(NC(=O)c2ccc(N3NC(=O)CCC3=O)cc2)c1. The van der Waals surface area contributed by atoms with E-state index in [1.54, 1.807) is 42.3 Å². The maximum atomic E-state index is 12.5. The van der Waals surface area contributed by atoms with Gasteiger partial charge in [-0.1, -0.05) is 12.1 Å². The predicted octanol–water partition coefficient (Wildman–Crippen LogP) is 2.08. The number of amides is 4. The van der Waals surface area contributed by atoms with E-state index in [4.69, 9.17) is 0 Å². The van der Waals surface area contributed by atoms with Gasteiger partial charge in [-0.05, 0) is 42.0 Å². The number of benzene rings is 2. The van der Waals surface area contributed by atoms with Crippen LogP contribution in [0, 0.1) is 0 Å². The molecule has 0 atom stereocenters. The highest BCUT2D eigenvalue weighted by atomic mass is 16.2. The van der Waals surface area contributed by atoms with E-state index in [1.807, 2.05) is 18.2 Å². The van der Waals surface area contributed by atoms with Gasteiger partial charge < -0.3 is 10.2 Å². The summed E-state index contributed by atoms with van der Waals surface area (Å²) in [7, 11) is 1.71. The lowest BCUT2D eigenvalue weighted by Crippen LogP contribution is -2.50. The van der Waals surface area contributed by atoms with Crippen molar-refractivity contribution in [3.05, 3.63) is 59.7 Å². The number of carbonyl (C=O) groups is 4. The number of nitrogens with one attached hydrogen (secondary N) is 2. The third-order valence-corrected chi connectivity index (χ3v) is 4.58. The smallest absolute Gasteiger partial charge is 0.255 e. The molecule has 0 radical (unpaired) electrons. The standard InChI is InChI=1S/C21H22N4O4/c1-14(26)24(2)13-15-4-3-5-17(12-15)22-21(29)16-6-8-18(9-7-16)25-20(28)11-10-19(27)23-25/h3-9,12H,10-11,13H2,1-2H3,(H,22,29)(H,23,27). The van der Waals surface area contributed by atoms with Crippen LogP contribution in [0.2, 0.25) is 0 Å². The highest BCUT2D eigenvalue weighted by Gasteiger charge is 2.24. The summed E-state index contributed by atoms with van der Waals surface area (Å²) >= 11 is 0. The minimum absolute atomic E-state index is 0.0390. The van der Waals surface area contributed by atoms with Crippen molar-refractivity contribution in [2.24, 2.45) is 0 Å². The van der Waals surface area contributed by atoms with Crippen molar-refractivity contribution in [1.29, 1.82) is 0 Å². The van der Waals surface area contributed by atoms with Crippen LogP contribution in [0.25, 0.3) is 0 Å². The molecular formula is C21H22N4O4. The predicted molar refractivity (Wildman–Crippen MR) is 108 cm³/mol. The molecule has 1 aliphatic heterocycles. The number of carbonyl (C=O) groups excluding carboxylic acids is 4. The number of hydrogen-bond donors (Lipinski definition) is 2. The molecule has 150 valence electrons. The quantitative estimate of drug-likeness (QED) is 0.811. The lowest BCUT2D eigenvalue weighted by molar-refractivity contribution is -0.130. The van der Waals surface area contributed by atoms with Gasteiger partial charge in [0.2, 0.25) is 17.7 Å². The Kier molecular flexibility index (Phi) is 5.92. The molecule has 2 aromatic rings.